The Hall–Kier alpha value is -3.58. The highest BCUT2D eigenvalue weighted by Gasteiger charge is 2.22. The topological polar surface area (TPSA) is 85.9 Å². The molecule has 1 heterocycles. The van der Waals surface area contributed by atoms with Crippen molar-refractivity contribution in [3.05, 3.63) is 86.3 Å². The number of hydrogen-bond acceptors (Lipinski definition) is 5. The van der Waals surface area contributed by atoms with Crippen molar-refractivity contribution >= 4 is 39.9 Å². The van der Waals surface area contributed by atoms with E-state index in [0.717, 1.165) is 41.7 Å². The maximum absolute atomic E-state index is 12.9. The molecule has 0 spiro atoms. The van der Waals surface area contributed by atoms with E-state index in [-0.39, 0.29) is 5.57 Å². The fourth-order valence-electron chi connectivity index (χ4n) is 3.77. The van der Waals surface area contributed by atoms with Crippen LogP contribution >= 0.6 is 22.9 Å². The number of nitrogens with zero attached hydrogens (tertiary/aromatic N) is 2. The van der Waals surface area contributed by atoms with Crippen LogP contribution in [0.4, 0.5) is 5.00 Å². The summed E-state index contributed by atoms with van der Waals surface area (Å²) in [7, 11) is 0. The molecule has 1 amide bonds. The molecule has 0 atom stereocenters. The number of thiophene rings is 1. The number of para-hydroxylation sites is 1. The number of halogens is 1. The molecule has 1 aromatic heterocycles. The van der Waals surface area contributed by atoms with Crippen molar-refractivity contribution < 1.29 is 9.53 Å². The maximum Gasteiger partial charge on any atom is 0.266 e. The molecule has 1 aliphatic rings. The molecule has 1 N–H and O–H groups in total. The molecule has 0 aliphatic heterocycles. The van der Waals surface area contributed by atoms with E-state index >= 15 is 0 Å². The van der Waals surface area contributed by atoms with Crippen LogP contribution in [-0.4, -0.2) is 5.91 Å². The molecule has 33 heavy (non-hydrogen) atoms. The number of aryl methyl sites for hydroxylation is 1. The lowest BCUT2D eigenvalue weighted by Crippen LogP contribution is -2.13. The summed E-state index contributed by atoms with van der Waals surface area (Å²) < 4.78 is 5.93. The average molecular weight is 474 g/mol. The first-order chi connectivity index (χ1) is 16.1. The Bertz CT molecular complexity index is 1310. The van der Waals surface area contributed by atoms with Gasteiger partial charge in [-0.2, -0.15) is 10.5 Å². The van der Waals surface area contributed by atoms with Crippen LogP contribution in [0.15, 0.2) is 54.1 Å². The van der Waals surface area contributed by atoms with E-state index in [9.17, 15) is 15.3 Å². The second kappa shape index (κ2) is 10.4. The van der Waals surface area contributed by atoms with E-state index in [1.165, 1.54) is 17.4 Å². The highest BCUT2D eigenvalue weighted by molar-refractivity contribution is 7.16. The molecule has 0 bridgehead atoms. The standard InChI is InChI=1S/C26H20ClN3O2S/c27-20-8-5-6-17(12-20)16-32-23-10-3-1-7-18(23)13-19(14-28)25(31)30-26-22(15-29)21-9-2-4-11-24(21)33-26/h1,3,5-8,10,12-13H,2,4,9,11,16H2,(H,30,31)/b19-13+. The highest BCUT2D eigenvalue weighted by atomic mass is 35.5. The lowest BCUT2D eigenvalue weighted by atomic mass is 9.96. The summed E-state index contributed by atoms with van der Waals surface area (Å²) in [5.74, 6) is -0.000400. The van der Waals surface area contributed by atoms with Gasteiger partial charge in [-0.3, -0.25) is 4.79 Å². The number of anilines is 1. The monoisotopic (exact) mass is 473 g/mol. The molecule has 0 saturated heterocycles. The summed E-state index contributed by atoms with van der Waals surface area (Å²) in [6.45, 7) is 0.297. The Labute approximate surface area is 201 Å². The van der Waals surface area contributed by atoms with Gasteiger partial charge in [-0.1, -0.05) is 41.9 Å². The lowest BCUT2D eigenvalue weighted by Gasteiger charge is -2.10. The van der Waals surface area contributed by atoms with Gasteiger partial charge in [-0.15, -0.1) is 11.3 Å². The Balaban J connectivity index is 1.55. The van der Waals surface area contributed by atoms with Gasteiger partial charge in [0.15, 0.2) is 0 Å². The number of ether oxygens (including phenoxy) is 1. The molecule has 7 heteroatoms. The zero-order valence-corrected chi connectivity index (χ0v) is 19.3. The first-order valence-corrected chi connectivity index (χ1v) is 11.7. The molecule has 5 nitrogen and oxygen atoms in total. The molecule has 0 unspecified atom stereocenters. The largest absolute Gasteiger partial charge is 0.488 e. The Morgan fingerprint density at radius 3 is 2.76 bits per heavy atom. The third kappa shape index (κ3) is 5.26. The number of amides is 1. The van der Waals surface area contributed by atoms with Crippen LogP contribution in [0.3, 0.4) is 0 Å². The summed E-state index contributed by atoms with van der Waals surface area (Å²) in [6.07, 6.45) is 5.40. The predicted octanol–water partition coefficient (Wildman–Crippen LogP) is 6.28. The van der Waals surface area contributed by atoms with Crippen molar-refractivity contribution in [3.8, 4) is 17.9 Å². The number of fused-ring (bicyclic) bond motifs is 1. The van der Waals surface area contributed by atoms with E-state index in [4.69, 9.17) is 16.3 Å². The average Bonchev–Trinajstić information content (AvgIpc) is 3.18. The normalized spacial score (nSPS) is 12.9. The van der Waals surface area contributed by atoms with E-state index in [1.54, 1.807) is 18.2 Å². The molecule has 0 fully saturated rings. The molecule has 0 radical (unpaired) electrons. The second-order valence-corrected chi connectivity index (χ2v) is 9.15. The smallest absolute Gasteiger partial charge is 0.266 e. The molecule has 3 aromatic rings. The Kier molecular flexibility index (Phi) is 7.10. The van der Waals surface area contributed by atoms with Gasteiger partial charge in [0.25, 0.3) is 5.91 Å². The molecular formula is C26H20ClN3O2S. The number of carbonyl (C=O) groups excluding carboxylic acids is 1. The van der Waals surface area contributed by atoms with E-state index in [2.05, 4.69) is 11.4 Å². The first-order valence-electron chi connectivity index (χ1n) is 10.5. The van der Waals surface area contributed by atoms with Crippen LogP contribution in [0.25, 0.3) is 6.08 Å². The van der Waals surface area contributed by atoms with Crippen LogP contribution < -0.4 is 10.1 Å². The van der Waals surface area contributed by atoms with Crippen LogP contribution in [0, 0.1) is 22.7 Å². The van der Waals surface area contributed by atoms with Gasteiger partial charge in [-0.05, 0) is 61.1 Å². The van der Waals surface area contributed by atoms with Crippen LogP contribution in [0.5, 0.6) is 5.75 Å². The fourth-order valence-corrected chi connectivity index (χ4v) is 5.21. The predicted molar refractivity (Wildman–Crippen MR) is 130 cm³/mol. The highest BCUT2D eigenvalue weighted by Crippen LogP contribution is 2.37. The van der Waals surface area contributed by atoms with Crippen LogP contribution in [-0.2, 0) is 24.2 Å². The van der Waals surface area contributed by atoms with Crippen molar-refractivity contribution in [2.45, 2.75) is 32.3 Å². The third-order valence-corrected chi connectivity index (χ3v) is 6.82. The summed E-state index contributed by atoms with van der Waals surface area (Å²) in [4.78, 5) is 14.0. The molecule has 0 saturated carbocycles. The van der Waals surface area contributed by atoms with Gasteiger partial charge in [-0.25, -0.2) is 0 Å². The van der Waals surface area contributed by atoms with Crippen molar-refractivity contribution in [1.29, 1.82) is 10.5 Å². The minimum absolute atomic E-state index is 0.0657. The van der Waals surface area contributed by atoms with E-state index < -0.39 is 5.91 Å². The summed E-state index contributed by atoms with van der Waals surface area (Å²) in [5, 5.41) is 23.2. The maximum atomic E-state index is 12.9. The van der Waals surface area contributed by atoms with Crippen LogP contribution in [0.1, 0.15) is 40.0 Å². The number of hydrogen-bond donors (Lipinski definition) is 1. The van der Waals surface area contributed by atoms with Gasteiger partial charge in [0.1, 0.15) is 35.1 Å². The van der Waals surface area contributed by atoms with Crippen molar-refractivity contribution in [2.24, 2.45) is 0 Å². The fraction of sp³-hybridized carbons (Fsp3) is 0.192. The summed E-state index contributed by atoms with van der Waals surface area (Å²) in [5.41, 5.74) is 3.00. The number of nitrogens with one attached hydrogen (secondary N) is 1. The zero-order chi connectivity index (χ0) is 23.2. The minimum Gasteiger partial charge on any atom is -0.488 e. The SMILES string of the molecule is N#C/C(=C\c1ccccc1OCc1cccc(Cl)c1)C(=O)Nc1sc2c(c1C#N)CCCC2. The zero-order valence-electron chi connectivity index (χ0n) is 17.7. The lowest BCUT2D eigenvalue weighted by molar-refractivity contribution is -0.112. The third-order valence-electron chi connectivity index (χ3n) is 5.38. The van der Waals surface area contributed by atoms with Gasteiger partial charge in [0.2, 0.25) is 0 Å². The van der Waals surface area contributed by atoms with Gasteiger partial charge < -0.3 is 10.1 Å². The van der Waals surface area contributed by atoms with Gasteiger partial charge >= 0.3 is 0 Å². The van der Waals surface area contributed by atoms with Crippen molar-refractivity contribution in [2.75, 3.05) is 5.32 Å². The van der Waals surface area contributed by atoms with E-state index in [1.807, 2.05) is 36.4 Å². The number of rotatable bonds is 6. The van der Waals surface area contributed by atoms with Gasteiger partial charge in [0, 0.05) is 15.5 Å². The summed E-state index contributed by atoms with van der Waals surface area (Å²) >= 11 is 7.47. The number of benzene rings is 2. The molecule has 164 valence electrons. The molecular weight excluding hydrogens is 454 g/mol. The Morgan fingerprint density at radius 1 is 1.15 bits per heavy atom. The number of nitriles is 2. The number of carbonyl (C=O) groups is 1. The second-order valence-electron chi connectivity index (χ2n) is 7.61. The molecule has 4 rings (SSSR count). The quantitative estimate of drug-likeness (QED) is 0.337. The van der Waals surface area contributed by atoms with Crippen molar-refractivity contribution in [3.63, 3.8) is 0 Å². The van der Waals surface area contributed by atoms with Crippen LogP contribution in [0.2, 0.25) is 5.02 Å². The van der Waals surface area contributed by atoms with Crippen molar-refractivity contribution in [1.82, 2.24) is 0 Å². The molecule has 1 aliphatic carbocycles. The van der Waals surface area contributed by atoms with E-state index in [0.29, 0.717) is 33.5 Å². The molecule has 2 aromatic carbocycles. The Morgan fingerprint density at radius 2 is 1.97 bits per heavy atom. The minimum atomic E-state index is -0.544. The first kappa shape index (κ1) is 22.6. The summed E-state index contributed by atoms with van der Waals surface area (Å²) in [6, 6.07) is 18.8. The van der Waals surface area contributed by atoms with Gasteiger partial charge in [0.05, 0.1) is 5.56 Å².